The van der Waals surface area contributed by atoms with Crippen LogP contribution in [-0.4, -0.2) is 76.2 Å². The molecule has 10 heteroatoms. The number of ether oxygens (including phenoxy) is 1. The van der Waals surface area contributed by atoms with Crippen LogP contribution in [0.2, 0.25) is 0 Å². The number of hydrogen-bond acceptors (Lipinski definition) is 8. The van der Waals surface area contributed by atoms with Gasteiger partial charge in [0.25, 0.3) is 5.91 Å². The van der Waals surface area contributed by atoms with Gasteiger partial charge in [-0.25, -0.2) is 9.97 Å². The molecule has 1 saturated heterocycles. The minimum absolute atomic E-state index is 0.129. The third-order valence-corrected chi connectivity index (χ3v) is 9.27. The molecule has 1 aliphatic rings. The van der Waals surface area contributed by atoms with Crippen molar-refractivity contribution in [2.75, 3.05) is 50.6 Å². The van der Waals surface area contributed by atoms with Crippen LogP contribution in [0.4, 0.5) is 17.3 Å². The van der Waals surface area contributed by atoms with Gasteiger partial charge in [0.05, 0.1) is 32.3 Å². The minimum Gasteiger partial charge on any atom is -0.415 e. The third-order valence-electron chi connectivity index (χ3n) is 9.27. The average molecular weight is 671 g/mol. The number of esters is 1. The number of aromatic nitrogens is 3. The number of nitrogens with one attached hydrogen (secondary N) is 2. The van der Waals surface area contributed by atoms with Gasteiger partial charge in [-0.15, -0.1) is 0 Å². The summed E-state index contributed by atoms with van der Waals surface area (Å²) in [5.41, 5.74) is 7.01. The Labute approximate surface area is 293 Å². The van der Waals surface area contributed by atoms with Crippen molar-refractivity contribution in [3.05, 3.63) is 132 Å². The molecule has 0 saturated carbocycles. The average Bonchev–Trinajstić information content (AvgIpc) is 3.14. The van der Waals surface area contributed by atoms with Gasteiger partial charge in [-0.05, 0) is 72.0 Å². The highest BCUT2D eigenvalue weighted by molar-refractivity contribution is 6.04. The molecule has 1 fully saturated rings. The van der Waals surface area contributed by atoms with E-state index in [4.69, 9.17) is 4.74 Å². The van der Waals surface area contributed by atoms with Gasteiger partial charge in [-0.2, -0.15) is 0 Å². The second-order valence-electron chi connectivity index (χ2n) is 13.3. The van der Waals surface area contributed by atoms with Crippen LogP contribution < -0.4 is 10.6 Å². The largest absolute Gasteiger partial charge is 0.415 e. The maximum Gasteiger partial charge on any atom is 0.310 e. The van der Waals surface area contributed by atoms with Gasteiger partial charge in [0.2, 0.25) is 12.7 Å². The normalized spacial score (nSPS) is 14.8. The van der Waals surface area contributed by atoms with E-state index in [2.05, 4.69) is 56.6 Å². The number of rotatable bonds is 12. The van der Waals surface area contributed by atoms with E-state index in [-0.39, 0.29) is 17.8 Å². The molecule has 256 valence electrons. The van der Waals surface area contributed by atoms with Crippen LogP contribution in [-0.2, 0) is 16.1 Å². The zero-order chi connectivity index (χ0) is 34.9. The van der Waals surface area contributed by atoms with Crippen molar-refractivity contribution in [2.45, 2.75) is 32.7 Å². The minimum atomic E-state index is -0.181. The van der Waals surface area contributed by atoms with Crippen molar-refractivity contribution in [2.24, 2.45) is 0 Å². The number of nitrogens with zero attached hydrogens (tertiary/aromatic N) is 5. The summed E-state index contributed by atoms with van der Waals surface area (Å²) < 4.78 is 6.44. The summed E-state index contributed by atoms with van der Waals surface area (Å²) in [6.45, 7) is 8.85. The van der Waals surface area contributed by atoms with Gasteiger partial charge in [0.1, 0.15) is 0 Å². The Bertz CT molecular complexity index is 1890. The zero-order valence-corrected chi connectivity index (χ0v) is 28.9. The van der Waals surface area contributed by atoms with E-state index >= 15 is 0 Å². The maximum atomic E-state index is 13.2. The molecule has 10 nitrogen and oxygen atoms in total. The SMILES string of the molecule is Cc1ccc(NC(=O)c2ccc(CN3CC[N+](C)(COC(=O)C[C@H](C)c4ccccc4)CC3)cc2)cc1Nc1nccc(-c2cccnc2)n1. The summed E-state index contributed by atoms with van der Waals surface area (Å²) in [6.07, 6.45) is 5.58. The summed E-state index contributed by atoms with van der Waals surface area (Å²) in [5, 5.41) is 6.31. The van der Waals surface area contributed by atoms with Crippen molar-refractivity contribution in [1.29, 1.82) is 0 Å². The van der Waals surface area contributed by atoms with E-state index in [0.29, 0.717) is 34.8 Å². The molecule has 0 unspecified atom stereocenters. The molecular weight excluding hydrogens is 626 g/mol. The molecule has 50 heavy (non-hydrogen) atoms. The summed E-state index contributed by atoms with van der Waals surface area (Å²) in [6, 6.07) is 29.2. The number of benzene rings is 3. The van der Waals surface area contributed by atoms with Crippen LogP contribution in [0.3, 0.4) is 0 Å². The predicted molar refractivity (Wildman–Crippen MR) is 196 cm³/mol. The van der Waals surface area contributed by atoms with Crippen LogP contribution in [0.25, 0.3) is 11.3 Å². The van der Waals surface area contributed by atoms with E-state index in [1.807, 2.05) is 85.8 Å². The van der Waals surface area contributed by atoms with Crippen molar-refractivity contribution < 1.29 is 18.8 Å². The molecule has 1 amide bonds. The Balaban J connectivity index is 0.971. The third kappa shape index (κ3) is 9.16. The van der Waals surface area contributed by atoms with Gasteiger partial charge >= 0.3 is 5.97 Å². The Morgan fingerprint density at radius 3 is 2.46 bits per heavy atom. The first-order chi connectivity index (χ1) is 24.2. The van der Waals surface area contributed by atoms with Gasteiger partial charge in [0, 0.05) is 60.7 Å². The Morgan fingerprint density at radius 1 is 0.940 bits per heavy atom. The molecule has 2 aromatic heterocycles. The number of aryl methyl sites for hydroxylation is 1. The lowest BCUT2D eigenvalue weighted by molar-refractivity contribution is -0.929. The summed E-state index contributed by atoms with van der Waals surface area (Å²) in [5.74, 6) is 0.257. The number of amides is 1. The molecule has 1 atom stereocenters. The quantitative estimate of drug-likeness (QED) is 0.110. The second kappa shape index (κ2) is 15.8. The molecule has 0 spiro atoms. The van der Waals surface area contributed by atoms with E-state index < -0.39 is 0 Å². The van der Waals surface area contributed by atoms with E-state index in [0.717, 1.165) is 66.4 Å². The number of carbonyl (C=O) groups is 2. The van der Waals surface area contributed by atoms with E-state index in [1.165, 1.54) is 0 Å². The molecule has 1 aliphatic heterocycles. The summed E-state index contributed by atoms with van der Waals surface area (Å²) >= 11 is 0. The number of anilines is 3. The van der Waals surface area contributed by atoms with Gasteiger partial charge < -0.3 is 15.4 Å². The molecule has 2 N–H and O–H groups in total. The number of quaternary nitrogens is 1. The maximum absolute atomic E-state index is 13.2. The second-order valence-corrected chi connectivity index (χ2v) is 13.3. The van der Waals surface area contributed by atoms with Crippen molar-refractivity contribution in [3.8, 4) is 11.3 Å². The molecular formula is C40H44N7O3+. The van der Waals surface area contributed by atoms with E-state index in [1.54, 1.807) is 18.6 Å². The first-order valence-corrected chi connectivity index (χ1v) is 17.0. The number of pyridine rings is 1. The Kier molecular flexibility index (Phi) is 10.9. The fraction of sp³-hybridized carbons (Fsp3) is 0.275. The Morgan fingerprint density at radius 2 is 1.72 bits per heavy atom. The fourth-order valence-corrected chi connectivity index (χ4v) is 5.98. The molecule has 0 radical (unpaired) electrons. The van der Waals surface area contributed by atoms with Gasteiger partial charge in [0.15, 0.2) is 0 Å². The topological polar surface area (TPSA) is 109 Å². The number of piperazine rings is 1. The predicted octanol–water partition coefficient (Wildman–Crippen LogP) is 6.80. The first kappa shape index (κ1) is 34.4. The smallest absolute Gasteiger partial charge is 0.310 e. The molecule has 5 aromatic rings. The highest BCUT2D eigenvalue weighted by atomic mass is 16.5. The standard InChI is InChI=1S/C40H43N7O3/c1-29-11-16-35(25-37(29)45-40-42-19-17-36(44-40)34-10-7-18-41-26-34)43-39(49)33-14-12-31(13-15-33)27-46-20-22-47(3,23-21-46)28-50-38(48)24-30(2)32-8-5-4-6-9-32/h4-19,25-26,30H,20-24,27-28H2,1-3H3,(H-,42,43,44,45,49)/p+1/t30-/m0/s1. The van der Waals surface area contributed by atoms with E-state index in [9.17, 15) is 9.59 Å². The highest BCUT2D eigenvalue weighted by Gasteiger charge is 2.30. The van der Waals surface area contributed by atoms with Crippen LogP contribution in [0.15, 0.2) is 110 Å². The number of hydrogen-bond donors (Lipinski definition) is 2. The lowest BCUT2D eigenvalue weighted by Crippen LogP contribution is -2.58. The zero-order valence-electron chi connectivity index (χ0n) is 28.9. The molecule has 0 aliphatic carbocycles. The fourth-order valence-electron chi connectivity index (χ4n) is 5.98. The highest BCUT2D eigenvalue weighted by Crippen LogP contribution is 2.25. The van der Waals surface area contributed by atoms with Crippen LogP contribution in [0.5, 0.6) is 0 Å². The van der Waals surface area contributed by atoms with Crippen molar-refractivity contribution >= 4 is 29.2 Å². The molecule has 3 aromatic carbocycles. The number of carbonyl (C=O) groups excluding carboxylic acids is 2. The molecule has 0 bridgehead atoms. The Hall–Kier alpha value is -5.45. The lowest BCUT2D eigenvalue weighted by atomic mass is 9.98. The lowest BCUT2D eigenvalue weighted by Gasteiger charge is -2.41. The van der Waals surface area contributed by atoms with Crippen molar-refractivity contribution in [3.63, 3.8) is 0 Å². The van der Waals surface area contributed by atoms with Crippen molar-refractivity contribution in [1.82, 2.24) is 19.9 Å². The van der Waals surface area contributed by atoms with Crippen LogP contribution in [0, 0.1) is 6.92 Å². The van der Waals surface area contributed by atoms with Crippen LogP contribution in [0.1, 0.15) is 46.3 Å². The summed E-state index contributed by atoms with van der Waals surface area (Å²) in [4.78, 5) is 41.3. The monoisotopic (exact) mass is 670 g/mol. The van der Waals surface area contributed by atoms with Gasteiger partial charge in [-0.3, -0.25) is 24.0 Å². The van der Waals surface area contributed by atoms with Crippen LogP contribution >= 0.6 is 0 Å². The molecule has 6 rings (SSSR count). The molecule has 3 heterocycles. The number of likely N-dealkylation sites (N-methyl/N-ethyl adjacent to an activating group) is 1. The summed E-state index contributed by atoms with van der Waals surface area (Å²) in [7, 11) is 2.15. The van der Waals surface area contributed by atoms with Gasteiger partial charge in [-0.1, -0.05) is 55.5 Å². The first-order valence-electron chi connectivity index (χ1n) is 17.0.